The first-order chi connectivity index (χ1) is 31.1. The van der Waals surface area contributed by atoms with E-state index in [1.807, 2.05) is 6.08 Å². The van der Waals surface area contributed by atoms with Crippen LogP contribution in [0.25, 0.3) is 0 Å². The summed E-state index contributed by atoms with van der Waals surface area (Å²) in [7, 11) is 0. The van der Waals surface area contributed by atoms with Gasteiger partial charge in [0.1, 0.15) is 6.10 Å². The van der Waals surface area contributed by atoms with Crippen molar-refractivity contribution < 1.29 is 20.1 Å². The molecule has 0 saturated heterocycles. The number of nitrogens with one attached hydrogen (secondary N) is 1. The van der Waals surface area contributed by atoms with Gasteiger partial charge in [0.05, 0.1) is 18.8 Å². The number of hydrogen-bond acceptors (Lipinski definition) is 4. The molecule has 0 rings (SSSR count). The van der Waals surface area contributed by atoms with Crippen molar-refractivity contribution in [1.29, 1.82) is 0 Å². The Kier molecular flexibility index (Phi) is 51.5. The fourth-order valence-electron chi connectivity index (χ4n) is 8.51. The highest BCUT2D eigenvalue weighted by molar-refractivity contribution is 5.80. The maximum atomic E-state index is 12.5. The van der Waals surface area contributed by atoms with Gasteiger partial charge >= 0.3 is 0 Å². The molecule has 5 nitrogen and oxygen atoms in total. The molecule has 4 N–H and O–H groups in total. The molecule has 0 saturated carbocycles. The molecule has 0 spiro atoms. The van der Waals surface area contributed by atoms with E-state index in [-0.39, 0.29) is 6.61 Å². The van der Waals surface area contributed by atoms with Gasteiger partial charge in [-0.25, -0.2) is 0 Å². The van der Waals surface area contributed by atoms with Crippen molar-refractivity contribution in [2.75, 3.05) is 6.61 Å². The highest BCUT2D eigenvalue weighted by Crippen LogP contribution is 2.16. The number of aliphatic hydroxyl groups is 3. The van der Waals surface area contributed by atoms with E-state index in [2.05, 4.69) is 55.6 Å². The zero-order valence-electron chi connectivity index (χ0n) is 42.2. The normalized spacial score (nSPS) is 13.7. The van der Waals surface area contributed by atoms with Gasteiger partial charge in [0.25, 0.3) is 0 Å². The van der Waals surface area contributed by atoms with Crippen molar-refractivity contribution in [3.05, 3.63) is 48.6 Å². The molecule has 0 aromatic carbocycles. The van der Waals surface area contributed by atoms with Gasteiger partial charge in [-0.15, -0.1) is 0 Å². The SMILES string of the molecule is CCCCCCCCCCCCCC/C=C\CCCCCCCCCCC(O)C(=O)NC(CO)C(O)/C=C/CC/C=C/CC/C=C/CCCCCCCCCCCCCCCCC. The summed E-state index contributed by atoms with van der Waals surface area (Å²) in [4.78, 5) is 12.5. The maximum absolute atomic E-state index is 12.5. The molecule has 3 atom stereocenters. The maximum Gasteiger partial charge on any atom is 0.249 e. The monoisotopic (exact) mass is 884 g/mol. The summed E-state index contributed by atoms with van der Waals surface area (Å²) in [6.07, 6.45) is 70.4. The summed E-state index contributed by atoms with van der Waals surface area (Å²) < 4.78 is 0. The second-order valence-electron chi connectivity index (χ2n) is 19.1. The summed E-state index contributed by atoms with van der Waals surface area (Å²) in [5, 5.41) is 33.3. The van der Waals surface area contributed by atoms with Crippen molar-refractivity contribution >= 4 is 5.91 Å². The minimum absolute atomic E-state index is 0.382. The summed E-state index contributed by atoms with van der Waals surface area (Å²) in [5.41, 5.74) is 0. The highest BCUT2D eigenvalue weighted by Gasteiger charge is 2.22. The molecule has 0 radical (unpaired) electrons. The van der Waals surface area contributed by atoms with Crippen LogP contribution in [0, 0.1) is 0 Å². The Labute approximate surface area is 393 Å². The highest BCUT2D eigenvalue weighted by atomic mass is 16.3. The van der Waals surface area contributed by atoms with E-state index in [1.54, 1.807) is 6.08 Å². The second kappa shape index (κ2) is 52.9. The van der Waals surface area contributed by atoms with E-state index >= 15 is 0 Å². The Morgan fingerprint density at radius 3 is 0.968 bits per heavy atom. The molecular formula is C58H109NO4. The van der Waals surface area contributed by atoms with E-state index in [0.717, 1.165) is 44.9 Å². The molecule has 5 heteroatoms. The van der Waals surface area contributed by atoms with Crippen LogP contribution in [-0.2, 0) is 4.79 Å². The fraction of sp³-hybridized carbons (Fsp3) is 0.845. The quantitative estimate of drug-likeness (QED) is 0.0362. The van der Waals surface area contributed by atoms with Crippen molar-refractivity contribution in [2.45, 2.75) is 308 Å². The Morgan fingerprint density at radius 1 is 0.381 bits per heavy atom. The van der Waals surface area contributed by atoms with Crippen LogP contribution < -0.4 is 5.32 Å². The van der Waals surface area contributed by atoms with Crippen molar-refractivity contribution in [3.8, 4) is 0 Å². The smallest absolute Gasteiger partial charge is 0.249 e. The molecule has 0 fully saturated rings. The number of carbonyl (C=O) groups excluding carboxylic acids is 1. The van der Waals surface area contributed by atoms with Crippen molar-refractivity contribution in [3.63, 3.8) is 0 Å². The fourth-order valence-corrected chi connectivity index (χ4v) is 8.51. The predicted octanol–water partition coefficient (Wildman–Crippen LogP) is 17.2. The average Bonchev–Trinajstić information content (AvgIpc) is 3.29. The average molecular weight is 885 g/mol. The number of aliphatic hydroxyl groups excluding tert-OH is 3. The second-order valence-corrected chi connectivity index (χ2v) is 19.1. The molecule has 0 aliphatic heterocycles. The number of unbranched alkanes of at least 4 members (excludes halogenated alkanes) is 37. The van der Waals surface area contributed by atoms with Gasteiger partial charge in [-0.2, -0.15) is 0 Å². The summed E-state index contributed by atoms with van der Waals surface area (Å²) in [6, 6.07) is -0.824. The van der Waals surface area contributed by atoms with Crippen LogP contribution in [0.1, 0.15) is 290 Å². The minimum atomic E-state index is -1.11. The van der Waals surface area contributed by atoms with Gasteiger partial charge in [-0.1, -0.05) is 268 Å². The van der Waals surface area contributed by atoms with Crippen molar-refractivity contribution in [2.24, 2.45) is 0 Å². The lowest BCUT2D eigenvalue weighted by atomic mass is 10.0. The van der Waals surface area contributed by atoms with E-state index in [9.17, 15) is 20.1 Å². The van der Waals surface area contributed by atoms with Gasteiger partial charge in [0, 0.05) is 0 Å². The summed E-state index contributed by atoms with van der Waals surface area (Å²) in [5.74, 6) is -0.517. The van der Waals surface area contributed by atoms with Crippen LogP contribution in [0.3, 0.4) is 0 Å². The van der Waals surface area contributed by atoms with Crippen LogP contribution in [0.2, 0.25) is 0 Å². The third-order valence-corrected chi connectivity index (χ3v) is 12.9. The molecule has 370 valence electrons. The first kappa shape index (κ1) is 61.3. The number of amides is 1. The third kappa shape index (κ3) is 48.1. The van der Waals surface area contributed by atoms with Gasteiger partial charge in [-0.3, -0.25) is 4.79 Å². The van der Waals surface area contributed by atoms with E-state index < -0.39 is 24.2 Å². The van der Waals surface area contributed by atoms with Crippen LogP contribution in [-0.4, -0.2) is 46.1 Å². The molecule has 0 aliphatic carbocycles. The number of allylic oxidation sites excluding steroid dienone is 7. The minimum Gasteiger partial charge on any atom is -0.394 e. The molecule has 0 bridgehead atoms. The topological polar surface area (TPSA) is 89.8 Å². The van der Waals surface area contributed by atoms with E-state index in [4.69, 9.17) is 0 Å². The van der Waals surface area contributed by atoms with Crippen LogP contribution in [0.5, 0.6) is 0 Å². The molecule has 0 aromatic rings. The Hall–Kier alpha value is -1.69. The van der Waals surface area contributed by atoms with E-state index in [1.165, 1.54) is 225 Å². The van der Waals surface area contributed by atoms with Gasteiger partial charge in [0.2, 0.25) is 5.91 Å². The molecule has 63 heavy (non-hydrogen) atoms. The van der Waals surface area contributed by atoms with E-state index in [0.29, 0.717) is 6.42 Å². The largest absolute Gasteiger partial charge is 0.394 e. The first-order valence-electron chi connectivity index (χ1n) is 28.0. The summed E-state index contributed by atoms with van der Waals surface area (Å²) in [6.45, 7) is 4.20. The molecular weight excluding hydrogens is 775 g/mol. The lowest BCUT2D eigenvalue weighted by Crippen LogP contribution is -2.48. The molecule has 1 amide bonds. The number of carbonyl (C=O) groups is 1. The standard InChI is InChI=1S/C58H109NO4/c1-3-5-7-9-11-13-15-17-19-21-23-25-27-29-31-32-34-36-38-40-42-44-46-48-50-52-56(61)55(54-60)59-58(63)57(62)53-51-49-47-45-43-41-39-37-35-33-30-28-26-24-22-20-18-16-14-12-10-8-6-4-2/h30,33-34,36,42,44,50,52,55-57,60-62H,3-29,31-32,35,37-41,43,45-49,51,53-54H2,1-2H3,(H,59,63)/b33-30-,36-34+,44-42+,52-50+. The van der Waals surface area contributed by atoms with Gasteiger partial charge in [0.15, 0.2) is 0 Å². The zero-order valence-corrected chi connectivity index (χ0v) is 42.2. The van der Waals surface area contributed by atoms with Gasteiger partial charge < -0.3 is 20.6 Å². The zero-order chi connectivity index (χ0) is 45.8. The van der Waals surface area contributed by atoms with Crippen molar-refractivity contribution in [1.82, 2.24) is 5.32 Å². The first-order valence-corrected chi connectivity index (χ1v) is 28.0. The molecule has 0 heterocycles. The Balaban J connectivity index is 3.65. The third-order valence-electron chi connectivity index (χ3n) is 12.9. The van der Waals surface area contributed by atoms with Crippen LogP contribution in [0.4, 0.5) is 0 Å². The number of rotatable bonds is 51. The molecule has 0 aliphatic rings. The Morgan fingerprint density at radius 2 is 0.651 bits per heavy atom. The lowest BCUT2D eigenvalue weighted by Gasteiger charge is -2.21. The molecule has 0 aromatic heterocycles. The van der Waals surface area contributed by atoms with Gasteiger partial charge in [-0.05, 0) is 70.6 Å². The number of hydrogen-bond donors (Lipinski definition) is 4. The lowest BCUT2D eigenvalue weighted by molar-refractivity contribution is -0.131. The molecule has 3 unspecified atom stereocenters. The van der Waals surface area contributed by atoms with Crippen LogP contribution >= 0.6 is 0 Å². The Bertz CT molecular complexity index is 1020. The van der Waals surface area contributed by atoms with Crippen LogP contribution in [0.15, 0.2) is 48.6 Å². The summed E-state index contributed by atoms with van der Waals surface area (Å²) >= 11 is 0. The predicted molar refractivity (Wildman–Crippen MR) is 277 cm³/mol.